The average Bonchev–Trinajstić information content (AvgIpc) is 3.21. The van der Waals surface area contributed by atoms with E-state index in [9.17, 15) is 13.2 Å². The number of hydrogen-bond acceptors (Lipinski definition) is 6. The number of hydrogen-bond donors (Lipinski definition) is 2. The lowest BCUT2D eigenvalue weighted by molar-refractivity contribution is -0.137. The smallest absolute Gasteiger partial charge is 0.416 e. The van der Waals surface area contributed by atoms with Crippen LogP contribution in [0.2, 0.25) is 0 Å². The van der Waals surface area contributed by atoms with E-state index in [1.807, 2.05) is 0 Å². The van der Waals surface area contributed by atoms with Crippen LogP contribution in [0.15, 0.2) is 46.8 Å². The van der Waals surface area contributed by atoms with E-state index in [4.69, 9.17) is 20.7 Å². The predicted octanol–water partition coefficient (Wildman–Crippen LogP) is 3.22. The molecule has 1 aromatic carbocycles. The maximum Gasteiger partial charge on any atom is 0.416 e. The highest BCUT2D eigenvalue weighted by Crippen LogP contribution is 2.33. The van der Waals surface area contributed by atoms with Crippen LogP contribution in [0.3, 0.4) is 0 Å². The van der Waals surface area contributed by atoms with Gasteiger partial charge in [0.05, 0.1) is 23.7 Å². The summed E-state index contributed by atoms with van der Waals surface area (Å²) in [6, 6.07) is 4.82. The van der Waals surface area contributed by atoms with Crippen LogP contribution in [0.25, 0.3) is 28.4 Å². The molecule has 0 aliphatic rings. The fourth-order valence-corrected chi connectivity index (χ4v) is 2.47. The van der Waals surface area contributed by atoms with Gasteiger partial charge in [0.2, 0.25) is 0 Å². The monoisotopic (exact) mass is 379 g/mol. The highest BCUT2D eigenvalue weighted by molar-refractivity contribution is 5.85. The Morgan fingerprint density at radius 2 is 1.96 bits per heavy atom. The summed E-state index contributed by atoms with van der Waals surface area (Å²) in [7, 11) is 1.39. The zero-order chi connectivity index (χ0) is 19.8. The number of alkyl halides is 3. The Hall–Kier alpha value is -3.43. The summed E-state index contributed by atoms with van der Waals surface area (Å²) in [6.07, 6.45) is -1.61. The summed E-state index contributed by atoms with van der Waals surface area (Å²) in [5.41, 5.74) is 11.7. The maximum atomic E-state index is 13.0. The minimum atomic E-state index is -4.49. The van der Waals surface area contributed by atoms with E-state index in [2.05, 4.69) is 10.1 Å². The first-order valence-electron chi connectivity index (χ1n) is 7.71. The van der Waals surface area contributed by atoms with Crippen molar-refractivity contribution in [3.8, 4) is 11.5 Å². The van der Waals surface area contributed by atoms with Crippen LogP contribution in [-0.4, -0.2) is 21.8 Å². The molecule has 0 aliphatic heterocycles. The van der Waals surface area contributed by atoms with Gasteiger partial charge in [-0.15, -0.1) is 0 Å². The first-order chi connectivity index (χ1) is 12.7. The number of halogens is 3. The molecule has 0 saturated carbocycles. The first-order valence-corrected chi connectivity index (χ1v) is 7.71. The van der Waals surface area contributed by atoms with Crippen LogP contribution in [0.1, 0.15) is 11.3 Å². The Kier molecular flexibility index (Phi) is 4.56. The van der Waals surface area contributed by atoms with Crippen LogP contribution < -0.4 is 11.5 Å². The molecule has 0 fully saturated rings. The zero-order valence-corrected chi connectivity index (χ0v) is 14.4. The van der Waals surface area contributed by atoms with E-state index in [0.29, 0.717) is 17.0 Å². The lowest BCUT2D eigenvalue weighted by Gasteiger charge is -2.09. The van der Waals surface area contributed by atoms with Gasteiger partial charge in [-0.05, 0) is 31.2 Å². The molecule has 0 saturated heterocycles. The van der Waals surface area contributed by atoms with Crippen molar-refractivity contribution in [1.82, 2.24) is 14.7 Å². The van der Waals surface area contributed by atoms with Crippen molar-refractivity contribution in [3.05, 3.63) is 53.6 Å². The topological polar surface area (TPSA) is 105 Å². The van der Waals surface area contributed by atoms with Gasteiger partial charge in [0.15, 0.2) is 11.7 Å². The van der Waals surface area contributed by atoms with Gasteiger partial charge in [0.25, 0.3) is 0 Å². The standard InChI is InChI=1S/C17H16F3N5O2/c1-9-7-12(24-27-9)16-23-11-8-10(17(18,19)20)3-4-13(11)25(16)14(21)5-6-15(22)26-2/h3-8H,21-22H2,1-2H3/b14-5+,15-6+. The van der Waals surface area contributed by atoms with E-state index in [0.717, 1.165) is 12.1 Å². The molecule has 0 spiro atoms. The molecule has 142 valence electrons. The number of aryl methyl sites for hydroxylation is 1. The number of nitrogens with zero attached hydrogens (tertiary/aromatic N) is 3. The van der Waals surface area contributed by atoms with E-state index in [1.165, 1.54) is 29.9 Å². The second-order valence-corrected chi connectivity index (χ2v) is 5.66. The average molecular weight is 379 g/mol. The molecule has 3 rings (SSSR count). The molecule has 7 nitrogen and oxygen atoms in total. The molecule has 4 N–H and O–H groups in total. The minimum absolute atomic E-state index is 0.112. The van der Waals surface area contributed by atoms with E-state index in [-0.39, 0.29) is 23.0 Å². The van der Waals surface area contributed by atoms with Gasteiger partial charge in [-0.25, -0.2) is 4.98 Å². The Balaban J connectivity index is 2.25. The number of nitrogens with two attached hydrogens (primary N) is 2. The molecular formula is C17H16F3N5O2. The number of methoxy groups -OCH3 is 1. The predicted molar refractivity (Wildman–Crippen MR) is 92.7 cm³/mol. The number of ether oxygens (including phenoxy) is 1. The SMILES string of the molecule is CO/C(N)=C/C=C(\N)n1c(-c2cc(C)on2)nc2cc(C(F)(F)F)ccc21. The van der Waals surface area contributed by atoms with Crippen LogP contribution in [0.5, 0.6) is 0 Å². The van der Waals surface area contributed by atoms with Gasteiger partial charge in [-0.3, -0.25) is 4.57 Å². The molecule has 2 aromatic heterocycles. The molecule has 10 heteroatoms. The van der Waals surface area contributed by atoms with Gasteiger partial charge >= 0.3 is 6.18 Å². The van der Waals surface area contributed by atoms with Crippen LogP contribution in [0, 0.1) is 6.92 Å². The summed E-state index contributed by atoms with van der Waals surface area (Å²) in [5, 5.41) is 3.88. The summed E-state index contributed by atoms with van der Waals surface area (Å²) in [5.74, 6) is 1.03. The summed E-state index contributed by atoms with van der Waals surface area (Å²) in [6.45, 7) is 1.69. The largest absolute Gasteiger partial charge is 0.483 e. The second kappa shape index (κ2) is 6.71. The van der Waals surface area contributed by atoms with E-state index < -0.39 is 11.7 Å². The normalized spacial score (nSPS) is 13.4. The van der Waals surface area contributed by atoms with Crippen molar-refractivity contribution < 1.29 is 22.4 Å². The minimum Gasteiger partial charge on any atom is -0.483 e. The number of imidazole rings is 1. The number of fused-ring (bicyclic) bond motifs is 1. The Bertz CT molecular complexity index is 1050. The molecule has 0 radical (unpaired) electrons. The third-order valence-electron chi connectivity index (χ3n) is 3.75. The highest BCUT2D eigenvalue weighted by Gasteiger charge is 2.31. The van der Waals surface area contributed by atoms with Crippen molar-refractivity contribution in [2.75, 3.05) is 7.11 Å². The van der Waals surface area contributed by atoms with Gasteiger partial charge in [0, 0.05) is 12.1 Å². The van der Waals surface area contributed by atoms with Gasteiger partial charge in [0.1, 0.15) is 17.3 Å². The third kappa shape index (κ3) is 3.59. The highest BCUT2D eigenvalue weighted by atomic mass is 19.4. The van der Waals surface area contributed by atoms with Crippen LogP contribution in [-0.2, 0) is 10.9 Å². The Labute approximate surface area is 151 Å². The van der Waals surface area contributed by atoms with Crippen LogP contribution >= 0.6 is 0 Å². The van der Waals surface area contributed by atoms with Crippen molar-refractivity contribution in [2.24, 2.45) is 11.5 Å². The molecule has 0 amide bonds. The molecule has 0 atom stereocenters. The van der Waals surface area contributed by atoms with E-state index in [1.54, 1.807) is 13.0 Å². The first kappa shape index (κ1) is 18.4. The number of benzene rings is 1. The van der Waals surface area contributed by atoms with Gasteiger partial charge in [-0.1, -0.05) is 5.16 Å². The molecule has 0 aliphatic carbocycles. The molecule has 3 aromatic rings. The summed E-state index contributed by atoms with van der Waals surface area (Å²) < 4.78 is 50.4. The number of rotatable bonds is 4. The lowest BCUT2D eigenvalue weighted by atomic mass is 10.2. The molecule has 27 heavy (non-hydrogen) atoms. The van der Waals surface area contributed by atoms with Crippen molar-refractivity contribution in [1.29, 1.82) is 0 Å². The molecule has 0 unspecified atom stereocenters. The van der Waals surface area contributed by atoms with Gasteiger partial charge < -0.3 is 20.7 Å². The van der Waals surface area contributed by atoms with Crippen molar-refractivity contribution in [3.63, 3.8) is 0 Å². The second-order valence-electron chi connectivity index (χ2n) is 5.66. The van der Waals surface area contributed by atoms with Crippen LogP contribution in [0.4, 0.5) is 13.2 Å². The molecule has 2 heterocycles. The Morgan fingerprint density at radius 3 is 2.56 bits per heavy atom. The lowest BCUT2D eigenvalue weighted by Crippen LogP contribution is -2.09. The maximum absolute atomic E-state index is 13.0. The Morgan fingerprint density at radius 1 is 1.22 bits per heavy atom. The van der Waals surface area contributed by atoms with E-state index >= 15 is 0 Å². The van der Waals surface area contributed by atoms with Crippen molar-refractivity contribution in [2.45, 2.75) is 13.1 Å². The fraction of sp³-hybridized carbons (Fsp3) is 0.176. The number of allylic oxidation sites excluding steroid dienone is 2. The van der Waals surface area contributed by atoms with Crippen molar-refractivity contribution >= 4 is 16.9 Å². The van der Waals surface area contributed by atoms with Gasteiger partial charge in [-0.2, -0.15) is 13.2 Å². The third-order valence-corrected chi connectivity index (χ3v) is 3.75. The fourth-order valence-electron chi connectivity index (χ4n) is 2.47. The summed E-state index contributed by atoms with van der Waals surface area (Å²) in [4.78, 5) is 4.28. The quantitative estimate of drug-likeness (QED) is 0.533. The molecular weight excluding hydrogens is 363 g/mol. The number of aromatic nitrogens is 3. The zero-order valence-electron chi connectivity index (χ0n) is 14.4. The molecule has 0 bridgehead atoms. The summed E-state index contributed by atoms with van der Waals surface area (Å²) >= 11 is 0.